The molecule has 1 saturated heterocycles. The first-order chi connectivity index (χ1) is 16.5. The van der Waals surface area contributed by atoms with Crippen LogP contribution in [-0.4, -0.2) is 56.5 Å². The molecule has 3 aromatic heterocycles. The zero-order chi connectivity index (χ0) is 23.7. The summed E-state index contributed by atoms with van der Waals surface area (Å²) in [5.74, 6) is 0.906. The molecule has 176 valence electrons. The summed E-state index contributed by atoms with van der Waals surface area (Å²) in [5.41, 5.74) is 7.21. The zero-order valence-electron chi connectivity index (χ0n) is 20.2. The van der Waals surface area contributed by atoms with Crippen molar-refractivity contribution in [3.63, 3.8) is 0 Å². The highest BCUT2D eigenvalue weighted by atomic mass is 16.1. The quantitative estimate of drug-likeness (QED) is 0.410. The van der Waals surface area contributed by atoms with Crippen LogP contribution < -0.4 is 5.32 Å². The Labute approximate surface area is 199 Å². The number of benzene rings is 1. The molecule has 0 aliphatic carbocycles. The minimum Gasteiger partial charge on any atom is -0.355 e. The van der Waals surface area contributed by atoms with Crippen molar-refractivity contribution >= 4 is 34.1 Å². The van der Waals surface area contributed by atoms with Crippen LogP contribution in [0.5, 0.6) is 0 Å². The molecule has 5 rings (SSSR count). The average molecular weight is 457 g/mol. The van der Waals surface area contributed by atoms with Gasteiger partial charge in [0.2, 0.25) is 5.91 Å². The molecule has 4 aromatic rings. The molecule has 7 nitrogen and oxygen atoms in total. The Hall–Kier alpha value is -3.45. The van der Waals surface area contributed by atoms with Gasteiger partial charge in [-0.25, -0.2) is 9.97 Å². The van der Waals surface area contributed by atoms with Crippen LogP contribution >= 0.6 is 0 Å². The summed E-state index contributed by atoms with van der Waals surface area (Å²) in [4.78, 5) is 27.5. The first-order valence-corrected chi connectivity index (χ1v) is 12.1. The lowest BCUT2D eigenvalue weighted by molar-refractivity contribution is -0.116. The van der Waals surface area contributed by atoms with E-state index in [0.29, 0.717) is 13.1 Å². The van der Waals surface area contributed by atoms with Gasteiger partial charge >= 0.3 is 0 Å². The van der Waals surface area contributed by atoms with Gasteiger partial charge in [0.05, 0.1) is 6.54 Å². The Morgan fingerprint density at radius 2 is 1.94 bits per heavy atom. The van der Waals surface area contributed by atoms with Crippen molar-refractivity contribution in [1.29, 1.82) is 0 Å². The highest BCUT2D eigenvalue weighted by molar-refractivity contribution is 5.92. The predicted molar refractivity (Wildman–Crippen MR) is 137 cm³/mol. The number of carbonyl (C=O) groups is 1. The summed E-state index contributed by atoms with van der Waals surface area (Å²) in [6, 6.07) is 10.6. The van der Waals surface area contributed by atoms with Crippen molar-refractivity contribution in [3.05, 3.63) is 64.7 Å². The summed E-state index contributed by atoms with van der Waals surface area (Å²) in [7, 11) is 0. The maximum absolute atomic E-state index is 12.2. The van der Waals surface area contributed by atoms with E-state index >= 15 is 0 Å². The molecule has 1 fully saturated rings. The highest BCUT2D eigenvalue weighted by Crippen LogP contribution is 2.23. The summed E-state index contributed by atoms with van der Waals surface area (Å²) in [6.07, 6.45) is 5.98. The van der Waals surface area contributed by atoms with Crippen LogP contribution in [0.3, 0.4) is 0 Å². The third kappa shape index (κ3) is 4.75. The number of amides is 1. The number of hydrogen-bond donors (Lipinski definition) is 2. The van der Waals surface area contributed by atoms with Gasteiger partial charge in [0.15, 0.2) is 5.65 Å². The van der Waals surface area contributed by atoms with E-state index in [0.717, 1.165) is 64.5 Å². The van der Waals surface area contributed by atoms with Gasteiger partial charge in [-0.2, -0.15) is 0 Å². The van der Waals surface area contributed by atoms with Gasteiger partial charge in [0.1, 0.15) is 11.3 Å². The van der Waals surface area contributed by atoms with Crippen molar-refractivity contribution in [3.8, 4) is 0 Å². The van der Waals surface area contributed by atoms with E-state index in [1.54, 1.807) is 6.08 Å². The molecular weight excluding hydrogens is 424 g/mol. The fraction of sp³-hybridized carbons (Fsp3) is 0.370. The molecule has 0 radical (unpaired) electrons. The Morgan fingerprint density at radius 1 is 1.12 bits per heavy atom. The number of aryl methyl sites for hydroxylation is 3. The summed E-state index contributed by atoms with van der Waals surface area (Å²) >= 11 is 0. The van der Waals surface area contributed by atoms with Gasteiger partial charge in [0, 0.05) is 41.5 Å². The lowest BCUT2D eigenvalue weighted by Gasteiger charge is -2.13. The monoisotopic (exact) mass is 456 g/mol. The van der Waals surface area contributed by atoms with Gasteiger partial charge in [-0.05, 0) is 88.2 Å². The molecular formula is C27H32N6O. The predicted octanol–water partition coefficient (Wildman–Crippen LogP) is 4.11. The molecule has 0 unspecified atom stereocenters. The molecule has 1 aromatic carbocycles. The summed E-state index contributed by atoms with van der Waals surface area (Å²) in [6.45, 7) is 10.8. The molecule has 7 heteroatoms. The van der Waals surface area contributed by atoms with Gasteiger partial charge in [-0.1, -0.05) is 6.07 Å². The number of pyridine rings is 1. The number of carbonyl (C=O) groups excluding carboxylic acids is 1. The third-order valence-electron chi connectivity index (χ3n) is 6.60. The largest absolute Gasteiger partial charge is 0.355 e. The number of nitrogens with zero attached hydrogens (tertiary/aromatic N) is 4. The Morgan fingerprint density at radius 3 is 2.76 bits per heavy atom. The number of hydrogen-bond acceptors (Lipinski definition) is 4. The second-order valence-electron chi connectivity index (χ2n) is 9.32. The number of nitrogens with one attached hydrogen (secondary N) is 2. The van der Waals surface area contributed by atoms with Crippen molar-refractivity contribution in [2.24, 2.45) is 0 Å². The Balaban J connectivity index is 1.28. The number of aromatic nitrogens is 4. The van der Waals surface area contributed by atoms with Crippen LogP contribution in [0.1, 0.15) is 41.2 Å². The average Bonchev–Trinajstić information content (AvgIpc) is 3.53. The van der Waals surface area contributed by atoms with Crippen LogP contribution in [0.4, 0.5) is 0 Å². The van der Waals surface area contributed by atoms with E-state index in [2.05, 4.69) is 57.0 Å². The number of aromatic amines is 1. The lowest BCUT2D eigenvalue weighted by atomic mass is 10.1. The fourth-order valence-electron chi connectivity index (χ4n) is 4.84. The number of rotatable bonds is 7. The van der Waals surface area contributed by atoms with Gasteiger partial charge < -0.3 is 19.8 Å². The molecule has 34 heavy (non-hydrogen) atoms. The van der Waals surface area contributed by atoms with Crippen LogP contribution in [0.15, 0.2) is 36.4 Å². The number of fused-ring (bicyclic) bond motifs is 2. The van der Waals surface area contributed by atoms with E-state index in [1.165, 1.54) is 18.4 Å². The molecule has 1 aliphatic rings. The summed E-state index contributed by atoms with van der Waals surface area (Å²) in [5, 5.41) is 4.10. The molecule has 0 atom stereocenters. The first-order valence-electron chi connectivity index (χ1n) is 12.1. The fourth-order valence-corrected chi connectivity index (χ4v) is 4.84. The van der Waals surface area contributed by atoms with Crippen molar-refractivity contribution < 1.29 is 4.79 Å². The minimum absolute atomic E-state index is 0.0564. The van der Waals surface area contributed by atoms with E-state index in [4.69, 9.17) is 9.97 Å². The second kappa shape index (κ2) is 9.43. The van der Waals surface area contributed by atoms with Gasteiger partial charge in [-0.15, -0.1) is 0 Å². The van der Waals surface area contributed by atoms with Crippen molar-refractivity contribution in [2.45, 2.75) is 40.2 Å². The molecule has 2 N–H and O–H groups in total. The number of likely N-dealkylation sites (tertiary alicyclic amines) is 1. The Bertz CT molecular complexity index is 1370. The van der Waals surface area contributed by atoms with Crippen molar-refractivity contribution in [2.75, 3.05) is 26.2 Å². The Kier molecular flexibility index (Phi) is 6.20. The van der Waals surface area contributed by atoms with E-state index in [9.17, 15) is 4.79 Å². The van der Waals surface area contributed by atoms with E-state index in [1.807, 2.05) is 19.9 Å². The van der Waals surface area contributed by atoms with Crippen molar-refractivity contribution in [1.82, 2.24) is 29.7 Å². The third-order valence-corrected chi connectivity index (χ3v) is 6.60. The van der Waals surface area contributed by atoms with Gasteiger partial charge in [-0.3, -0.25) is 4.79 Å². The van der Waals surface area contributed by atoms with Crippen LogP contribution in [0.2, 0.25) is 0 Å². The van der Waals surface area contributed by atoms with Crippen LogP contribution in [0.25, 0.3) is 28.1 Å². The summed E-state index contributed by atoms with van der Waals surface area (Å²) < 4.78 is 2.18. The molecule has 1 aliphatic heterocycles. The molecule has 4 heterocycles. The molecule has 1 amide bonds. The SMILES string of the molecule is Cc1cc(C)c2nc(C)n(Cc3ccc4[nH]c(C=CC(=O)NCCN5CCCC5)cc4c3)c2n1. The normalized spacial score (nSPS) is 14.7. The maximum Gasteiger partial charge on any atom is 0.244 e. The number of imidazole rings is 1. The highest BCUT2D eigenvalue weighted by Gasteiger charge is 2.13. The lowest BCUT2D eigenvalue weighted by Crippen LogP contribution is -2.32. The smallest absolute Gasteiger partial charge is 0.244 e. The molecule has 0 spiro atoms. The number of H-pyrrole nitrogens is 1. The second-order valence-corrected chi connectivity index (χ2v) is 9.32. The minimum atomic E-state index is -0.0564. The van der Waals surface area contributed by atoms with E-state index < -0.39 is 0 Å². The zero-order valence-corrected chi connectivity index (χ0v) is 20.2. The molecule has 0 saturated carbocycles. The first kappa shape index (κ1) is 22.3. The maximum atomic E-state index is 12.2. The van der Waals surface area contributed by atoms with Gasteiger partial charge in [0.25, 0.3) is 0 Å². The van der Waals surface area contributed by atoms with Crippen LogP contribution in [0, 0.1) is 20.8 Å². The standard InChI is InChI=1S/C27H32N6O/c1-18-14-19(2)29-27-26(18)30-20(3)33(27)17-21-6-8-24-22(15-21)16-23(31-24)7-9-25(34)28-10-13-32-11-4-5-12-32/h6-9,14-16,31H,4-5,10-13,17H2,1-3H3,(H,28,34). The van der Waals surface area contributed by atoms with Crippen LogP contribution in [-0.2, 0) is 11.3 Å². The molecule has 0 bridgehead atoms. The van der Waals surface area contributed by atoms with E-state index in [-0.39, 0.29) is 5.91 Å². The topological polar surface area (TPSA) is 78.8 Å².